The molecule has 1 saturated carbocycles. The van der Waals surface area contributed by atoms with E-state index in [-0.39, 0.29) is 6.61 Å². The van der Waals surface area contributed by atoms with Gasteiger partial charge in [0, 0.05) is 28.3 Å². The molecule has 0 unspecified atom stereocenters. The van der Waals surface area contributed by atoms with Gasteiger partial charge in [-0.05, 0) is 47.0 Å². The van der Waals surface area contributed by atoms with E-state index in [2.05, 4.69) is 20.8 Å². The lowest BCUT2D eigenvalue weighted by molar-refractivity contribution is 0.112. The Labute approximate surface area is 103 Å². The normalized spacial score (nSPS) is 14.9. The predicted molar refractivity (Wildman–Crippen MR) is 67.0 cm³/mol. The molecule has 2 rings (SSSR count). The van der Waals surface area contributed by atoms with Crippen molar-refractivity contribution in [2.24, 2.45) is 0 Å². The van der Waals surface area contributed by atoms with E-state index in [1.54, 1.807) is 6.07 Å². The molecule has 1 aromatic carbocycles. The fourth-order valence-electron chi connectivity index (χ4n) is 1.81. The second kappa shape index (κ2) is 4.97. The summed E-state index contributed by atoms with van der Waals surface area (Å²) in [6.07, 6.45) is 3.21. The minimum absolute atomic E-state index is 0.156. The number of anilines is 1. The van der Waals surface area contributed by atoms with Gasteiger partial charge in [0.05, 0.1) is 6.61 Å². The molecule has 16 heavy (non-hydrogen) atoms. The summed E-state index contributed by atoms with van der Waals surface area (Å²) in [7, 11) is 0. The summed E-state index contributed by atoms with van der Waals surface area (Å²) in [5.41, 5.74) is 1.72. The highest BCUT2D eigenvalue weighted by Gasteiger charge is 2.28. The zero-order valence-electron chi connectivity index (χ0n) is 8.90. The number of nitrogens with zero attached hydrogens (tertiary/aromatic N) is 1. The number of carbonyl (C=O) groups is 1. The van der Waals surface area contributed by atoms with Crippen molar-refractivity contribution in [2.75, 3.05) is 18.1 Å². The second-order valence-electron chi connectivity index (χ2n) is 3.97. The zero-order chi connectivity index (χ0) is 11.5. The molecule has 0 radical (unpaired) electrons. The number of hydrogen-bond acceptors (Lipinski definition) is 3. The summed E-state index contributed by atoms with van der Waals surface area (Å²) in [5.74, 6) is 0. The first-order valence-electron chi connectivity index (χ1n) is 5.38. The molecular formula is C12H14BrNO2. The summed E-state index contributed by atoms with van der Waals surface area (Å²) in [4.78, 5) is 12.9. The van der Waals surface area contributed by atoms with E-state index in [1.807, 2.05) is 12.1 Å². The second-order valence-corrected chi connectivity index (χ2v) is 4.83. The highest BCUT2D eigenvalue weighted by molar-refractivity contribution is 9.10. The molecule has 0 atom stereocenters. The molecule has 0 heterocycles. The number of aliphatic hydroxyl groups excluding tert-OH is 1. The lowest BCUT2D eigenvalue weighted by Gasteiger charge is -2.24. The molecule has 0 saturated heterocycles. The van der Waals surface area contributed by atoms with E-state index in [0.717, 1.165) is 16.4 Å². The van der Waals surface area contributed by atoms with Gasteiger partial charge in [-0.2, -0.15) is 0 Å². The Morgan fingerprint density at radius 2 is 2.25 bits per heavy atom. The van der Waals surface area contributed by atoms with E-state index < -0.39 is 0 Å². The first-order valence-corrected chi connectivity index (χ1v) is 6.18. The molecule has 1 fully saturated rings. The largest absolute Gasteiger partial charge is 0.395 e. The molecule has 0 aliphatic heterocycles. The highest BCUT2D eigenvalue weighted by Crippen LogP contribution is 2.33. The van der Waals surface area contributed by atoms with Crippen LogP contribution in [-0.4, -0.2) is 30.6 Å². The van der Waals surface area contributed by atoms with Gasteiger partial charge in [-0.15, -0.1) is 0 Å². The van der Waals surface area contributed by atoms with Crippen LogP contribution in [0.25, 0.3) is 0 Å². The van der Waals surface area contributed by atoms with Gasteiger partial charge in [-0.3, -0.25) is 4.79 Å². The fourth-order valence-corrected chi connectivity index (χ4v) is 2.27. The zero-order valence-corrected chi connectivity index (χ0v) is 10.5. The molecule has 1 N–H and O–H groups in total. The third-order valence-electron chi connectivity index (χ3n) is 2.77. The van der Waals surface area contributed by atoms with E-state index in [9.17, 15) is 4.79 Å². The summed E-state index contributed by atoms with van der Waals surface area (Å²) >= 11 is 3.38. The SMILES string of the molecule is O=Cc1ccc(N(CCO)C2CC2)cc1Br. The Bertz CT molecular complexity index is 391. The lowest BCUT2D eigenvalue weighted by Crippen LogP contribution is -2.28. The van der Waals surface area contributed by atoms with Crippen molar-refractivity contribution >= 4 is 27.9 Å². The van der Waals surface area contributed by atoms with Crippen LogP contribution < -0.4 is 4.90 Å². The topological polar surface area (TPSA) is 40.5 Å². The number of aldehydes is 1. The van der Waals surface area contributed by atoms with Gasteiger partial charge >= 0.3 is 0 Å². The molecule has 4 heteroatoms. The number of halogens is 1. The number of hydrogen-bond donors (Lipinski definition) is 1. The Hall–Kier alpha value is -0.870. The highest BCUT2D eigenvalue weighted by atomic mass is 79.9. The number of benzene rings is 1. The van der Waals surface area contributed by atoms with Crippen LogP contribution in [0.3, 0.4) is 0 Å². The van der Waals surface area contributed by atoms with Crippen molar-refractivity contribution in [3.05, 3.63) is 28.2 Å². The molecule has 1 aliphatic carbocycles. The number of aliphatic hydroxyl groups is 1. The predicted octanol–water partition coefficient (Wildman–Crippen LogP) is 2.22. The first-order chi connectivity index (χ1) is 7.76. The van der Waals surface area contributed by atoms with Gasteiger partial charge in [-0.25, -0.2) is 0 Å². The van der Waals surface area contributed by atoms with Crippen LogP contribution in [0.2, 0.25) is 0 Å². The van der Waals surface area contributed by atoms with Gasteiger partial charge < -0.3 is 10.0 Å². The quantitative estimate of drug-likeness (QED) is 0.843. The van der Waals surface area contributed by atoms with Crippen molar-refractivity contribution in [1.82, 2.24) is 0 Å². The third-order valence-corrected chi connectivity index (χ3v) is 3.46. The van der Waals surface area contributed by atoms with Gasteiger partial charge in [0.15, 0.2) is 6.29 Å². The minimum atomic E-state index is 0.156. The Morgan fingerprint density at radius 3 is 2.75 bits per heavy atom. The van der Waals surface area contributed by atoms with E-state index in [4.69, 9.17) is 5.11 Å². The van der Waals surface area contributed by atoms with Crippen LogP contribution in [-0.2, 0) is 0 Å². The molecule has 0 bridgehead atoms. The molecular weight excluding hydrogens is 270 g/mol. The lowest BCUT2D eigenvalue weighted by atomic mass is 10.2. The van der Waals surface area contributed by atoms with Crippen LogP contribution >= 0.6 is 15.9 Å². The van der Waals surface area contributed by atoms with Crippen molar-refractivity contribution < 1.29 is 9.90 Å². The van der Waals surface area contributed by atoms with E-state index in [0.29, 0.717) is 18.2 Å². The third kappa shape index (κ3) is 2.44. The van der Waals surface area contributed by atoms with Crippen molar-refractivity contribution in [1.29, 1.82) is 0 Å². The Balaban J connectivity index is 2.23. The first kappa shape index (κ1) is 11.6. The Kier molecular flexibility index (Phi) is 3.61. The fraction of sp³-hybridized carbons (Fsp3) is 0.417. The molecule has 3 nitrogen and oxygen atoms in total. The molecule has 0 aromatic heterocycles. The summed E-state index contributed by atoms with van der Waals surface area (Å²) in [5, 5.41) is 9.04. The van der Waals surface area contributed by atoms with Crippen molar-refractivity contribution in [3.8, 4) is 0 Å². The van der Waals surface area contributed by atoms with Gasteiger partial charge in [-0.1, -0.05) is 0 Å². The van der Waals surface area contributed by atoms with Crippen LogP contribution in [0.4, 0.5) is 5.69 Å². The van der Waals surface area contributed by atoms with Crippen LogP contribution in [0.1, 0.15) is 23.2 Å². The maximum absolute atomic E-state index is 10.7. The van der Waals surface area contributed by atoms with Gasteiger partial charge in [0.25, 0.3) is 0 Å². The maximum Gasteiger partial charge on any atom is 0.151 e. The van der Waals surface area contributed by atoms with Crippen LogP contribution in [0, 0.1) is 0 Å². The van der Waals surface area contributed by atoms with E-state index >= 15 is 0 Å². The number of rotatable bonds is 5. The standard InChI is InChI=1S/C12H14BrNO2/c13-12-7-11(2-1-9(12)8-16)14(5-6-15)10-3-4-10/h1-2,7-8,10,15H,3-6H2. The average Bonchev–Trinajstić information content (AvgIpc) is 3.09. The smallest absolute Gasteiger partial charge is 0.151 e. The monoisotopic (exact) mass is 283 g/mol. The average molecular weight is 284 g/mol. The van der Waals surface area contributed by atoms with Crippen molar-refractivity contribution in [3.63, 3.8) is 0 Å². The molecule has 0 amide bonds. The number of carbonyl (C=O) groups excluding carboxylic acids is 1. The molecule has 86 valence electrons. The van der Waals surface area contributed by atoms with Gasteiger partial charge in [0.2, 0.25) is 0 Å². The summed E-state index contributed by atoms with van der Waals surface area (Å²) < 4.78 is 0.809. The van der Waals surface area contributed by atoms with E-state index in [1.165, 1.54) is 12.8 Å². The molecule has 1 aliphatic rings. The molecule has 1 aromatic rings. The van der Waals surface area contributed by atoms with Crippen LogP contribution in [0.5, 0.6) is 0 Å². The maximum atomic E-state index is 10.7. The van der Waals surface area contributed by atoms with Crippen LogP contribution in [0.15, 0.2) is 22.7 Å². The van der Waals surface area contributed by atoms with Crippen molar-refractivity contribution in [2.45, 2.75) is 18.9 Å². The Morgan fingerprint density at radius 1 is 1.50 bits per heavy atom. The minimum Gasteiger partial charge on any atom is -0.395 e. The summed E-state index contributed by atoms with van der Waals surface area (Å²) in [6, 6.07) is 6.24. The summed E-state index contributed by atoms with van der Waals surface area (Å²) in [6.45, 7) is 0.807. The molecule has 0 spiro atoms. The van der Waals surface area contributed by atoms with Gasteiger partial charge in [0.1, 0.15) is 0 Å².